The second-order valence-corrected chi connectivity index (χ2v) is 5.10. The van der Waals surface area contributed by atoms with Gasteiger partial charge in [-0.15, -0.1) is 0 Å². The lowest BCUT2D eigenvalue weighted by molar-refractivity contribution is 0.194. The van der Waals surface area contributed by atoms with Gasteiger partial charge in [-0.2, -0.15) is 0 Å². The second-order valence-electron chi connectivity index (χ2n) is 5.10. The molecule has 21 heavy (non-hydrogen) atoms. The molecule has 6 nitrogen and oxygen atoms in total. The van der Waals surface area contributed by atoms with Gasteiger partial charge in [0.25, 0.3) is 0 Å². The van der Waals surface area contributed by atoms with Gasteiger partial charge in [0.15, 0.2) is 0 Å². The first-order valence-electron chi connectivity index (χ1n) is 7.00. The van der Waals surface area contributed by atoms with Gasteiger partial charge in [-0.25, -0.2) is 4.79 Å². The Hall–Kier alpha value is -1.95. The third-order valence-corrected chi connectivity index (χ3v) is 3.87. The van der Waals surface area contributed by atoms with Gasteiger partial charge in [-0.1, -0.05) is 0 Å². The number of carbonyl (C=O) groups excluding carboxylic acids is 1. The number of benzene rings is 1. The van der Waals surface area contributed by atoms with Crippen LogP contribution in [0.2, 0.25) is 0 Å². The van der Waals surface area contributed by atoms with Crippen LogP contribution in [0.5, 0.6) is 11.5 Å². The Morgan fingerprint density at radius 1 is 1.29 bits per heavy atom. The molecule has 0 bridgehead atoms. The van der Waals surface area contributed by atoms with Crippen molar-refractivity contribution < 1.29 is 14.3 Å². The van der Waals surface area contributed by atoms with Crippen molar-refractivity contribution in [3.63, 3.8) is 0 Å². The van der Waals surface area contributed by atoms with Crippen LogP contribution < -0.4 is 14.8 Å². The molecule has 1 fully saturated rings. The third kappa shape index (κ3) is 3.21. The van der Waals surface area contributed by atoms with Crippen molar-refractivity contribution in [2.24, 2.45) is 0 Å². The number of nitrogens with zero attached hydrogens (tertiary/aromatic N) is 2. The molecule has 0 aromatic heterocycles. The van der Waals surface area contributed by atoms with Crippen molar-refractivity contribution in [1.29, 1.82) is 0 Å². The molecule has 2 rings (SSSR count). The number of nitrogens with one attached hydrogen (secondary N) is 1. The van der Waals surface area contributed by atoms with Crippen LogP contribution in [0.25, 0.3) is 0 Å². The Balaban J connectivity index is 2.22. The summed E-state index contributed by atoms with van der Waals surface area (Å²) in [4.78, 5) is 15.6. The lowest BCUT2D eigenvalue weighted by atomic mass is 10.0. The lowest BCUT2D eigenvalue weighted by Gasteiger charge is -2.25. The van der Waals surface area contributed by atoms with Crippen LogP contribution in [0.3, 0.4) is 0 Å². The first-order chi connectivity index (χ1) is 10.1. The maximum Gasteiger partial charge on any atom is 0.319 e. The SMILES string of the molecule is CNC(CN1CCN(C)C1=O)c1cc(OC)ccc1OC. The van der Waals surface area contributed by atoms with E-state index in [0.29, 0.717) is 6.54 Å². The number of urea groups is 1. The number of ether oxygens (including phenoxy) is 2. The molecule has 1 saturated heterocycles. The van der Waals surface area contributed by atoms with E-state index in [0.717, 1.165) is 30.2 Å². The largest absolute Gasteiger partial charge is 0.497 e. The molecule has 1 aromatic carbocycles. The summed E-state index contributed by atoms with van der Waals surface area (Å²) in [5.74, 6) is 1.56. The zero-order chi connectivity index (χ0) is 15.4. The van der Waals surface area contributed by atoms with Crippen LogP contribution in [-0.4, -0.2) is 63.8 Å². The summed E-state index contributed by atoms with van der Waals surface area (Å²) in [6.07, 6.45) is 0. The number of methoxy groups -OCH3 is 2. The Labute approximate surface area is 125 Å². The predicted molar refractivity (Wildman–Crippen MR) is 80.9 cm³/mol. The Kier molecular flexibility index (Phi) is 4.90. The Bertz CT molecular complexity index is 507. The molecule has 1 aliphatic heterocycles. The normalized spacial score (nSPS) is 16.3. The topological polar surface area (TPSA) is 54.0 Å². The van der Waals surface area contributed by atoms with Crippen LogP contribution in [-0.2, 0) is 0 Å². The molecule has 0 aliphatic carbocycles. The number of likely N-dealkylation sites (N-methyl/N-ethyl adjacent to an activating group) is 2. The van der Waals surface area contributed by atoms with E-state index < -0.39 is 0 Å². The van der Waals surface area contributed by atoms with Gasteiger partial charge in [0.1, 0.15) is 11.5 Å². The summed E-state index contributed by atoms with van der Waals surface area (Å²) in [5.41, 5.74) is 0.988. The highest BCUT2D eigenvalue weighted by atomic mass is 16.5. The van der Waals surface area contributed by atoms with E-state index in [2.05, 4.69) is 5.32 Å². The first kappa shape index (κ1) is 15.4. The van der Waals surface area contributed by atoms with E-state index in [-0.39, 0.29) is 12.1 Å². The fraction of sp³-hybridized carbons (Fsp3) is 0.533. The van der Waals surface area contributed by atoms with Gasteiger partial charge in [0.05, 0.1) is 20.3 Å². The molecule has 116 valence electrons. The summed E-state index contributed by atoms with van der Waals surface area (Å²) in [6, 6.07) is 5.76. The molecular formula is C15H23N3O3. The standard InChI is InChI=1S/C15H23N3O3/c1-16-13(10-18-8-7-17(2)15(18)19)12-9-11(20-3)5-6-14(12)21-4/h5-6,9,13,16H,7-8,10H2,1-4H3. The Morgan fingerprint density at radius 2 is 2.05 bits per heavy atom. The van der Waals surface area contributed by atoms with Crippen molar-refractivity contribution in [1.82, 2.24) is 15.1 Å². The van der Waals surface area contributed by atoms with E-state index >= 15 is 0 Å². The zero-order valence-corrected chi connectivity index (χ0v) is 13.0. The minimum atomic E-state index is -0.00880. The van der Waals surface area contributed by atoms with E-state index in [1.54, 1.807) is 19.1 Å². The van der Waals surface area contributed by atoms with E-state index in [4.69, 9.17) is 9.47 Å². The van der Waals surface area contributed by atoms with Gasteiger partial charge in [-0.05, 0) is 25.2 Å². The van der Waals surface area contributed by atoms with Crippen molar-refractivity contribution in [3.8, 4) is 11.5 Å². The number of hydrogen-bond donors (Lipinski definition) is 1. The predicted octanol–water partition coefficient (Wildman–Crippen LogP) is 1.33. The molecule has 0 radical (unpaired) electrons. The van der Waals surface area contributed by atoms with Gasteiger partial charge >= 0.3 is 6.03 Å². The minimum Gasteiger partial charge on any atom is -0.497 e. The number of rotatable bonds is 6. The molecule has 6 heteroatoms. The Morgan fingerprint density at radius 3 is 2.57 bits per heavy atom. The highest BCUT2D eigenvalue weighted by Gasteiger charge is 2.28. The molecule has 0 spiro atoms. The fourth-order valence-corrected chi connectivity index (χ4v) is 2.55. The van der Waals surface area contributed by atoms with Crippen molar-refractivity contribution in [2.75, 3.05) is 47.9 Å². The van der Waals surface area contributed by atoms with Crippen LogP contribution in [0.15, 0.2) is 18.2 Å². The average molecular weight is 293 g/mol. The van der Waals surface area contributed by atoms with Crippen molar-refractivity contribution >= 4 is 6.03 Å². The van der Waals surface area contributed by atoms with E-state index in [1.807, 2.05) is 37.2 Å². The molecule has 1 N–H and O–H groups in total. The summed E-state index contributed by atoms with van der Waals surface area (Å²) in [6.45, 7) is 2.12. The summed E-state index contributed by atoms with van der Waals surface area (Å²) in [5, 5.41) is 3.26. The summed E-state index contributed by atoms with van der Waals surface area (Å²) >= 11 is 0. The highest BCUT2D eigenvalue weighted by molar-refractivity contribution is 5.76. The van der Waals surface area contributed by atoms with Gasteiger partial charge < -0.3 is 24.6 Å². The third-order valence-electron chi connectivity index (χ3n) is 3.87. The van der Waals surface area contributed by atoms with Crippen LogP contribution in [0.1, 0.15) is 11.6 Å². The van der Waals surface area contributed by atoms with Gasteiger partial charge in [0, 0.05) is 32.2 Å². The monoisotopic (exact) mass is 293 g/mol. The van der Waals surface area contributed by atoms with Crippen LogP contribution >= 0.6 is 0 Å². The lowest BCUT2D eigenvalue weighted by Crippen LogP contribution is -2.36. The number of carbonyl (C=O) groups is 1. The average Bonchev–Trinajstić information content (AvgIpc) is 2.83. The number of amides is 2. The fourth-order valence-electron chi connectivity index (χ4n) is 2.55. The molecule has 1 atom stereocenters. The van der Waals surface area contributed by atoms with Crippen LogP contribution in [0.4, 0.5) is 4.79 Å². The second kappa shape index (κ2) is 6.67. The minimum absolute atomic E-state index is 0.00880. The smallest absolute Gasteiger partial charge is 0.319 e. The maximum absolute atomic E-state index is 12.0. The molecule has 1 aliphatic rings. The van der Waals surface area contributed by atoms with Crippen molar-refractivity contribution in [3.05, 3.63) is 23.8 Å². The molecule has 0 saturated carbocycles. The molecule has 1 heterocycles. The maximum atomic E-state index is 12.0. The quantitative estimate of drug-likeness (QED) is 0.860. The molecule has 2 amide bonds. The molecule has 1 unspecified atom stereocenters. The van der Waals surface area contributed by atoms with E-state index in [1.165, 1.54) is 0 Å². The van der Waals surface area contributed by atoms with Gasteiger partial charge in [0.2, 0.25) is 0 Å². The summed E-state index contributed by atoms with van der Waals surface area (Å²) < 4.78 is 10.7. The first-order valence-corrected chi connectivity index (χ1v) is 7.00. The molecular weight excluding hydrogens is 270 g/mol. The van der Waals surface area contributed by atoms with Crippen molar-refractivity contribution in [2.45, 2.75) is 6.04 Å². The highest BCUT2D eigenvalue weighted by Crippen LogP contribution is 2.30. The summed E-state index contributed by atoms with van der Waals surface area (Å²) in [7, 11) is 6.99. The number of hydrogen-bond acceptors (Lipinski definition) is 4. The van der Waals surface area contributed by atoms with Gasteiger partial charge in [-0.3, -0.25) is 0 Å². The van der Waals surface area contributed by atoms with E-state index in [9.17, 15) is 4.79 Å². The van der Waals surface area contributed by atoms with Crippen LogP contribution in [0, 0.1) is 0 Å². The molecule has 1 aromatic rings. The zero-order valence-electron chi connectivity index (χ0n) is 13.0.